The van der Waals surface area contributed by atoms with Gasteiger partial charge in [-0.05, 0) is 18.6 Å². The zero-order valence-electron chi connectivity index (χ0n) is 14.6. The van der Waals surface area contributed by atoms with E-state index in [1.807, 2.05) is 30.3 Å². The highest BCUT2D eigenvalue weighted by Gasteiger charge is 2.10. The van der Waals surface area contributed by atoms with Gasteiger partial charge >= 0.3 is 5.95 Å². The maximum atomic E-state index is 12.2. The van der Waals surface area contributed by atoms with E-state index in [1.165, 1.54) is 0 Å². The normalized spacial score (nSPS) is 9.93. The molecule has 1 amide bonds. The first-order valence-electron chi connectivity index (χ1n) is 8.13. The minimum Gasteiger partial charge on any atom is -0.693 e. The van der Waals surface area contributed by atoms with Crippen molar-refractivity contribution in [2.45, 2.75) is 6.42 Å². The third-order valence-corrected chi connectivity index (χ3v) is 3.60. The Kier molecular flexibility index (Phi) is 7.08. The lowest BCUT2D eigenvalue weighted by molar-refractivity contribution is -0.211. The van der Waals surface area contributed by atoms with Crippen LogP contribution in [0.5, 0.6) is 0 Å². The fourth-order valence-electron chi connectivity index (χ4n) is 2.31. The number of aromatic amines is 1. The molecule has 0 radical (unpaired) electrons. The van der Waals surface area contributed by atoms with Gasteiger partial charge in [0, 0.05) is 30.0 Å². The molecule has 0 bridgehead atoms. The number of benzene rings is 1. The number of rotatable bonds is 8. The maximum absolute atomic E-state index is 12.2. The molecule has 0 atom stereocenters. The number of nitrogens with two attached hydrogens (primary N) is 2. The zero-order chi connectivity index (χ0) is 18.2. The van der Waals surface area contributed by atoms with Gasteiger partial charge in [0.05, 0.1) is 5.69 Å². The van der Waals surface area contributed by atoms with E-state index in [1.54, 1.807) is 18.3 Å². The van der Waals surface area contributed by atoms with Crippen molar-refractivity contribution in [3.05, 3.63) is 60.5 Å². The summed E-state index contributed by atoms with van der Waals surface area (Å²) in [7, 11) is 0. The van der Waals surface area contributed by atoms with Crippen molar-refractivity contribution in [2.75, 3.05) is 18.4 Å². The first kappa shape index (κ1) is 19.7. The Morgan fingerprint density at radius 2 is 2.00 bits per heavy atom. The number of aromatic nitrogens is 4. The predicted octanol–water partition coefficient (Wildman–Crippen LogP) is 1.66. The van der Waals surface area contributed by atoms with Crippen LogP contribution in [0.3, 0.4) is 0 Å². The van der Waals surface area contributed by atoms with Crippen molar-refractivity contribution < 1.29 is 10.3 Å². The average molecular weight is 367 g/mol. The Morgan fingerprint density at radius 3 is 2.78 bits per heavy atom. The number of hydrogen-bond acceptors (Lipinski definition) is 6. The van der Waals surface area contributed by atoms with Crippen molar-refractivity contribution in [1.82, 2.24) is 25.5 Å². The molecule has 0 aliphatic rings. The molecule has 27 heavy (non-hydrogen) atoms. The summed E-state index contributed by atoms with van der Waals surface area (Å²) in [6, 6.07) is 13.1. The number of nitrogens with zero attached hydrogens (tertiary/aromatic N) is 4. The monoisotopic (exact) mass is 367 g/mol. The third-order valence-electron chi connectivity index (χ3n) is 3.60. The minimum atomic E-state index is -0.189. The Hall–Kier alpha value is -3.66. The second-order valence-corrected chi connectivity index (χ2v) is 5.44. The van der Waals surface area contributed by atoms with Gasteiger partial charge in [-0.15, -0.1) is 5.53 Å². The highest BCUT2D eigenvalue weighted by atomic mass is 16.1. The van der Waals surface area contributed by atoms with E-state index in [0.29, 0.717) is 24.6 Å². The van der Waals surface area contributed by atoms with Crippen molar-refractivity contribution in [1.29, 1.82) is 0 Å². The van der Waals surface area contributed by atoms with E-state index in [-0.39, 0.29) is 18.0 Å². The quantitative estimate of drug-likeness (QED) is 0.350. The number of amides is 1. The number of nitrogens with one attached hydrogen (secondary N) is 3. The van der Waals surface area contributed by atoms with E-state index < -0.39 is 0 Å². The molecule has 2 aromatic heterocycles. The standard InChI is InChI=1S/C17H18N8O.H2N/c18-23-17-21-10-7-15(22-17)19-8-4-9-20-16(26)14-11-13(24-25-14)12-5-2-1-3-6-12;/h1-3,5-7,10-11,18H,4,8-9H2,(H,20,26)(H,24,25)(H,19,21,22);1H2/q;-1/p+1. The SMILES string of the molecule is [NH2+]=Nc1nccc(NCCCNC(=O)c2cc(-c3ccccc3)n[nH]2)n1.[NH2-]. The van der Waals surface area contributed by atoms with Gasteiger partial charge in [0.25, 0.3) is 5.91 Å². The first-order chi connectivity index (χ1) is 12.8. The molecule has 0 spiro atoms. The van der Waals surface area contributed by atoms with Crippen LogP contribution in [0.4, 0.5) is 11.8 Å². The summed E-state index contributed by atoms with van der Waals surface area (Å²) >= 11 is 0. The van der Waals surface area contributed by atoms with Gasteiger partial charge in [-0.25, -0.2) is 4.98 Å². The van der Waals surface area contributed by atoms with E-state index in [9.17, 15) is 4.79 Å². The molecule has 3 rings (SSSR count). The van der Waals surface area contributed by atoms with Crippen molar-refractivity contribution >= 4 is 17.7 Å². The predicted molar refractivity (Wildman–Crippen MR) is 101 cm³/mol. The minimum absolute atomic E-state index is 0. The van der Waals surface area contributed by atoms with Gasteiger partial charge in [-0.1, -0.05) is 30.3 Å². The summed E-state index contributed by atoms with van der Waals surface area (Å²) in [6.07, 6.45) is 2.30. The van der Waals surface area contributed by atoms with Crippen LogP contribution < -0.4 is 16.2 Å². The van der Waals surface area contributed by atoms with Crippen LogP contribution in [0, 0.1) is 0 Å². The van der Waals surface area contributed by atoms with Crippen molar-refractivity contribution in [3.8, 4) is 11.3 Å². The Balaban J connectivity index is 0.00000261. The molecular weight excluding hydrogens is 346 g/mol. The lowest BCUT2D eigenvalue weighted by Crippen LogP contribution is -2.26. The van der Waals surface area contributed by atoms with Crippen LogP contribution in [0.2, 0.25) is 0 Å². The van der Waals surface area contributed by atoms with Gasteiger partial charge in [0.15, 0.2) is 0 Å². The number of carbonyl (C=O) groups is 1. The molecule has 0 fully saturated rings. The Bertz CT molecular complexity index is 879. The van der Waals surface area contributed by atoms with Gasteiger partial charge in [-0.3, -0.25) is 9.89 Å². The third kappa shape index (κ3) is 5.41. The van der Waals surface area contributed by atoms with Crippen LogP contribution >= 0.6 is 0 Å². The average Bonchev–Trinajstić information content (AvgIpc) is 3.19. The fraction of sp³-hybridized carbons (Fsp3) is 0.176. The van der Waals surface area contributed by atoms with Gasteiger partial charge in [0.1, 0.15) is 11.5 Å². The van der Waals surface area contributed by atoms with Gasteiger partial charge < -0.3 is 16.8 Å². The molecule has 0 saturated heterocycles. The smallest absolute Gasteiger partial charge is 0.315 e. The first-order valence-corrected chi connectivity index (χ1v) is 8.13. The molecule has 140 valence electrons. The molecule has 3 aromatic rings. The van der Waals surface area contributed by atoms with E-state index in [0.717, 1.165) is 17.7 Å². The lowest BCUT2D eigenvalue weighted by atomic mass is 10.1. The molecule has 2 heterocycles. The molecule has 0 unspecified atom stereocenters. The highest BCUT2D eigenvalue weighted by molar-refractivity contribution is 5.93. The van der Waals surface area contributed by atoms with E-state index in [2.05, 4.69) is 35.9 Å². The topological polar surface area (TPSA) is 167 Å². The summed E-state index contributed by atoms with van der Waals surface area (Å²) in [4.78, 5) is 20.1. The second-order valence-electron chi connectivity index (χ2n) is 5.44. The summed E-state index contributed by atoms with van der Waals surface area (Å²) in [5, 5.41) is 16.3. The second kappa shape index (κ2) is 9.73. The van der Waals surface area contributed by atoms with Crippen molar-refractivity contribution in [3.63, 3.8) is 0 Å². The Labute approximate surface area is 155 Å². The van der Waals surface area contributed by atoms with Crippen LogP contribution in [0.15, 0.2) is 53.8 Å². The lowest BCUT2D eigenvalue weighted by Gasteiger charge is -2.06. The van der Waals surface area contributed by atoms with Gasteiger partial charge in [0.2, 0.25) is 0 Å². The van der Waals surface area contributed by atoms with Crippen LogP contribution in [-0.4, -0.2) is 39.2 Å². The summed E-state index contributed by atoms with van der Waals surface area (Å²) in [6.45, 7) is 1.16. The molecular formula is C17H21N9O. The fourth-order valence-corrected chi connectivity index (χ4v) is 2.31. The molecule has 0 aliphatic heterocycles. The molecule has 0 aliphatic carbocycles. The van der Waals surface area contributed by atoms with Crippen LogP contribution in [-0.2, 0) is 0 Å². The number of H-pyrrole nitrogens is 1. The van der Waals surface area contributed by atoms with E-state index >= 15 is 0 Å². The molecule has 1 aromatic carbocycles. The maximum Gasteiger partial charge on any atom is 0.315 e. The summed E-state index contributed by atoms with van der Waals surface area (Å²) in [5.41, 5.74) is 7.27. The Morgan fingerprint density at radius 1 is 1.19 bits per heavy atom. The van der Waals surface area contributed by atoms with Crippen LogP contribution in [0.25, 0.3) is 17.4 Å². The molecule has 7 N–H and O–H groups in total. The molecule has 10 heteroatoms. The van der Waals surface area contributed by atoms with Gasteiger partial charge in [-0.2, -0.15) is 10.1 Å². The zero-order valence-corrected chi connectivity index (χ0v) is 14.6. The summed E-state index contributed by atoms with van der Waals surface area (Å²) in [5.74, 6) is 0.666. The number of anilines is 1. The number of carbonyl (C=O) groups excluding carboxylic acids is 1. The van der Waals surface area contributed by atoms with E-state index in [4.69, 9.17) is 5.53 Å². The molecule has 0 saturated carbocycles. The summed E-state index contributed by atoms with van der Waals surface area (Å²) < 4.78 is 0. The molecule has 10 nitrogen and oxygen atoms in total. The largest absolute Gasteiger partial charge is 0.693 e. The highest BCUT2D eigenvalue weighted by Crippen LogP contribution is 2.16. The number of hydrogen-bond donors (Lipinski definition) is 4. The van der Waals surface area contributed by atoms with Crippen molar-refractivity contribution in [2.24, 2.45) is 5.11 Å². The van der Waals surface area contributed by atoms with Crippen LogP contribution in [0.1, 0.15) is 16.9 Å².